The maximum Gasteiger partial charge on any atom is 0.416 e. The first-order valence-corrected chi connectivity index (χ1v) is 5.66. The number of hydrogen-bond acceptors (Lipinski definition) is 2. The third-order valence-electron chi connectivity index (χ3n) is 2.13. The Labute approximate surface area is 112 Å². The minimum Gasteiger partial charge on any atom is -0.383 e. The van der Waals surface area contributed by atoms with E-state index in [1.54, 1.807) is 0 Å². The van der Waals surface area contributed by atoms with Crippen LogP contribution in [0.2, 0.25) is 0 Å². The second kappa shape index (κ2) is 6.67. The highest BCUT2D eigenvalue weighted by Crippen LogP contribution is 2.31. The van der Waals surface area contributed by atoms with E-state index in [2.05, 4.69) is 10.6 Å². The zero-order valence-electron chi connectivity index (χ0n) is 9.97. The van der Waals surface area contributed by atoms with E-state index in [4.69, 9.17) is 17.0 Å². The largest absolute Gasteiger partial charge is 0.416 e. The summed E-state index contributed by atoms with van der Waals surface area (Å²) in [6, 6.07) is 2.07. The van der Waals surface area contributed by atoms with Gasteiger partial charge in [0.05, 0.1) is 17.9 Å². The first-order valence-electron chi connectivity index (χ1n) is 5.25. The Morgan fingerprint density at radius 2 is 2.05 bits per heavy atom. The summed E-state index contributed by atoms with van der Waals surface area (Å²) < 4.78 is 55.5. The van der Waals surface area contributed by atoms with Gasteiger partial charge in [0.15, 0.2) is 5.11 Å². The normalized spacial score (nSPS) is 11.2. The second-order valence-corrected chi connectivity index (χ2v) is 3.97. The molecule has 0 spiro atoms. The van der Waals surface area contributed by atoms with Crippen LogP contribution in [0.25, 0.3) is 0 Å². The first kappa shape index (κ1) is 15.6. The summed E-state index contributed by atoms with van der Waals surface area (Å²) in [5, 5.41) is 5.06. The second-order valence-electron chi connectivity index (χ2n) is 3.57. The van der Waals surface area contributed by atoms with Gasteiger partial charge >= 0.3 is 6.18 Å². The average Bonchev–Trinajstić information content (AvgIpc) is 2.31. The number of alkyl halides is 3. The maximum atomic E-state index is 13.4. The predicted molar refractivity (Wildman–Crippen MR) is 67.5 cm³/mol. The quantitative estimate of drug-likeness (QED) is 0.508. The van der Waals surface area contributed by atoms with E-state index in [-0.39, 0.29) is 10.8 Å². The Bertz CT molecular complexity index is 451. The molecule has 0 fully saturated rings. The summed E-state index contributed by atoms with van der Waals surface area (Å²) in [4.78, 5) is 0. The van der Waals surface area contributed by atoms with Crippen LogP contribution in [0.3, 0.4) is 0 Å². The molecule has 1 aromatic carbocycles. The number of benzene rings is 1. The molecule has 0 heterocycles. The highest BCUT2D eigenvalue weighted by molar-refractivity contribution is 7.80. The number of nitrogens with one attached hydrogen (secondary N) is 2. The zero-order valence-corrected chi connectivity index (χ0v) is 10.8. The molecular formula is C11H12F4N2OS. The summed E-state index contributed by atoms with van der Waals surface area (Å²) in [5.74, 6) is -0.816. The topological polar surface area (TPSA) is 33.3 Å². The van der Waals surface area contributed by atoms with Crippen molar-refractivity contribution in [3.05, 3.63) is 29.6 Å². The van der Waals surface area contributed by atoms with Crippen LogP contribution in [-0.4, -0.2) is 25.4 Å². The van der Waals surface area contributed by atoms with Gasteiger partial charge in [0.1, 0.15) is 5.82 Å². The van der Waals surface area contributed by atoms with Gasteiger partial charge in [0.2, 0.25) is 0 Å². The van der Waals surface area contributed by atoms with E-state index in [1.165, 1.54) is 7.11 Å². The Hall–Kier alpha value is -1.41. The molecule has 106 valence electrons. The number of methoxy groups -OCH3 is 1. The summed E-state index contributed by atoms with van der Waals surface area (Å²) in [7, 11) is 1.49. The molecule has 0 atom stereocenters. The van der Waals surface area contributed by atoms with Gasteiger partial charge in [-0.2, -0.15) is 13.2 Å². The van der Waals surface area contributed by atoms with E-state index in [0.717, 1.165) is 6.07 Å². The fourth-order valence-electron chi connectivity index (χ4n) is 1.23. The lowest BCUT2D eigenvalue weighted by molar-refractivity contribution is -0.137. The molecule has 0 bridgehead atoms. The van der Waals surface area contributed by atoms with Crippen molar-refractivity contribution in [2.45, 2.75) is 6.18 Å². The maximum absolute atomic E-state index is 13.4. The molecule has 0 saturated carbocycles. The molecule has 0 amide bonds. The van der Waals surface area contributed by atoms with E-state index < -0.39 is 17.6 Å². The molecule has 8 heteroatoms. The van der Waals surface area contributed by atoms with Crippen molar-refractivity contribution in [3.8, 4) is 0 Å². The highest BCUT2D eigenvalue weighted by Gasteiger charge is 2.31. The third kappa shape index (κ3) is 4.99. The average molecular weight is 296 g/mol. The molecular weight excluding hydrogens is 284 g/mol. The Morgan fingerprint density at radius 1 is 1.37 bits per heavy atom. The van der Waals surface area contributed by atoms with Gasteiger partial charge in [-0.1, -0.05) is 0 Å². The van der Waals surface area contributed by atoms with Crippen molar-refractivity contribution in [2.75, 3.05) is 25.6 Å². The van der Waals surface area contributed by atoms with Gasteiger partial charge in [-0.15, -0.1) is 0 Å². The lowest BCUT2D eigenvalue weighted by Gasteiger charge is -2.13. The molecule has 0 saturated heterocycles. The molecule has 19 heavy (non-hydrogen) atoms. The Kier molecular flexibility index (Phi) is 5.49. The first-order chi connectivity index (χ1) is 8.84. The van der Waals surface area contributed by atoms with Gasteiger partial charge in [0.25, 0.3) is 0 Å². The van der Waals surface area contributed by atoms with E-state index >= 15 is 0 Å². The summed E-state index contributed by atoms with van der Waals surface area (Å²) in [6.45, 7) is 0.732. The highest BCUT2D eigenvalue weighted by atomic mass is 32.1. The van der Waals surface area contributed by atoms with Crippen LogP contribution in [0.1, 0.15) is 5.56 Å². The number of halogens is 4. The molecule has 0 radical (unpaired) electrons. The van der Waals surface area contributed by atoms with Crippen molar-refractivity contribution in [1.29, 1.82) is 0 Å². The molecule has 0 aliphatic heterocycles. The van der Waals surface area contributed by atoms with E-state index in [0.29, 0.717) is 25.3 Å². The monoisotopic (exact) mass is 296 g/mol. The minimum atomic E-state index is -4.53. The van der Waals surface area contributed by atoms with Crippen LogP contribution < -0.4 is 10.6 Å². The summed E-state index contributed by atoms with van der Waals surface area (Å²) in [6.07, 6.45) is -4.53. The fraction of sp³-hybridized carbons (Fsp3) is 0.364. The predicted octanol–water partition coefficient (Wildman–Crippen LogP) is 2.78. The van der Waals surface area contributed by atoms with Gasteiger partial charge in [-0.3, -0.25) is 0 Å². The Morgan fingerprint density at radius 3 is 2.63 bits per heavy atom. The zero-order chi connectivity index (χ0) is 14.5. The number of ether oxygens (including phenoxy) is 1. The smallest absolute Gasteiger partial charge is 0.383 e. The molecule has 0 unspecified atom stereocenters. The van der Waals surface area contributed by atoms with Crippen molar-refractivity contribution < 1.29 is 22.3 Å². The summed E-state index contributed by atoms with van der Waals surface area (Å²) in [5.41, 5.74) is -1.28. The fourth-order valence-corrected chi connectivity index (χ4v) is 1.44. The summed E-state index contributed by atoms with van der Waals surface area (Å²) >= 11 is 4.82. The van der Waals surface area contributed by atoms with Crippen molar-refractivity contribution in [1.82, 2.24) is 5.32 Å². The third-order valence-corrected chi connectivity index (χ3v) is 2.38. The van der Waals surface area contributed by atoms with E-state index in [9.17, 15) is 17.6 Å². The van der Waals surface area contributed by atoms with Crippen molar-refractivity contribution >= 4 is 23.0 Å². The molecule has 0 aromatic heterocycles. The van der Waals surface area contributed by atoms with Gasteiger partial charge in [-0.25, -0.2) is 4.39 Å². The van der Waals surface area contributed by atoms with Gasteiger partial charge in [0, 0.05) is 13.7 Å². The molecule has 0 aliphatic carbocycles. The van der Waals surface area contributed by atoms with Crippen molar-refractivity contribution in [2.24, 2.45) is 0 Å². The molecule has 1 aromatic rings. The number of rotatable bonds is 4. The van der Waals surface area contributed by atoms with Gasteiger partial charge in [-0.05, 0) is 30.4 Å². The van der Waals surface area contributed by atoms with Crippen molar-refractivity contribution in [3.63, 3.8) is 0 Å². The standard InChI is InChI=1S/C11H12F4N2OS/c1-18-5-4-16-10(19)17-9-6-7(11(13,14)15)2-3-8(9)12/h2-3,6H,4-5H2,1H3,(H2,16,17,19). The van der Waals surface area contributed by atoms with Crippen LogP contribution in [-0.2, 0) is 10.9 Å². The van der Waals surface area contributed by atoms with Crippen LogP contribution in [0, 0.1) is 5.82 Å². The lowest BCUT2D eigenvalue weighted by Crippen LogP contribution is -2.31. The van der Waals surface area contributed by atoms with E-state index in [1.807, 2.05) is 0 Å². The lowest BCUT2D eigenvalue weighted by atomic mass is 10.2. The van der Waals surface area contributed by atoms with Gasteiger partial charge < -0.3 is 15.4 Å². The van der Waals surface area contributed by atoms with Crippen LogP contribution in [0.15, 0.2) is 18.2 Å². The van der Waals surface area contributed by atoms with Crippen LogP contribution in [0.4, 0.5) is 23.2 Å². The minimum absolute atomic E-state index is 0.0234. The van der Waals surface area contributed by atoms with Crippen LogP contribution in [0.5, 0.6) is 0 Å². The molecule has 2 N–H and O–H groups in total. The number of hydrogen-bond donors (Lipinski definition) is 2. The SMILES string of the molecule is COCCNC(=S)Nc1cc(C(F)(F)F)ccc1F. The number of thiocarbonyl (C=S) groups is 1. The molecule has 0 aliphatic rings. The molecule has 1 rings (SSSR count). The Balaban J connectivity index is 2.74. The number of anilines is 1. The van der Waals surface area contributed by atoms with Crippen LogP contribution >= 0.6 is 12.2 Å². The molecule has 3 nitrogen and oxygen atoms in total.